The van der Waals surface area contributed by atoms with E-state index in [9.17, 15) is 0 Å². The lowest BCUT2D eigenvalue weighted by atomic mass is 10.0. The fraction of sp³-hybridized carbons (Fsp3) is 0.474. The molecule has 6 heteroatoms. The molecule has 2 aromatic heterocycles. The molecule has 3 heterocycles. The third-order valence-electron chi connectivity index (χ3n) is 5.23. The molecule has 1 aromatic carbocycles. The van der Waals surface area contributed by atoms with Crippen molar-refractivity contribution in [2.45, 2.75) is 31.3 Å². The summed E-state index contributed by atoms with van der Waals surface area (Å²) in [6.07, 6.45) is 7.31. The molecule has 0 amide bonds. The number of aromatic nitrogens is 3. The maximum atomic E-state index is 5.93. The normalized spacial score (nSPS) is 23.4. The highest BCUT2D eigenvalue weighted by Crippen LogP contribution is 2.41. The third kappa shape index (κ3) is 2.80. The summed E-state index contributed by atoms with van der Waals surface area (Å²) < 4.78 is 13.9. The van der Waals surface area contributed by atoms with Gasteiger partial charge in [-0.15, -0.1) is 0 Å². The van der Waals surface area contributed by atoms with Gasteiger partial charge in [-0.3, -0.25) is 0 Å². The minimum atomic E-state index is 0.0583. The first-order valence-electron chi connectivity index (χ1n) is 9.01. The van der Waals surface area contributed by atoms with Crippen LogP contribution in [0, 0.1) is 5.92 Å². The first-order valence-corrected chi connectivity index (χ1v) is 9.01. The monoisotopic (exact) mass is 338 g/mol. The van der Waals surface area contributed by atoms with E-state index in [-0.39, 0.29) is 6.10 Å². The second kappa shape index (κ2) is 5.88. The van der Waals surface area contributed by atoms with E-state index < -0.39 is 0 Å². The number of nitrogens with zero attached hydrogens (tertiary/aromatic N) is 3. The molecule has 6 nitrogen and oxygen atoms in total. The second-order valence-corrected chi connectivity index (χ2v) is 7.13. The maximum Gasteiger partial charge on any atom is 0.198 e. The zero-order chi connectivity index (χ0) is 16.8. The van der Waals surface area contributed by atoms with Crippen molar-refractivity contribution in [3.8, 4) is 0 Å². The Bertz CT molecular complexity index is 896. The standard InChI is InChI=1S/C19H22N4O2/c1-23-8-7-20-18(23)17-13(6-9-24-17)11-21-14-4-5-15-16(10-14)25-19(22-15)12-2-3-12/h4-5,7-8,10,12-13,17,21H,2-3,6,9,11H2,1H3/t13-,17+/m0/s1. The van der Waals surface area contributed by atoms with E-state index in [1.165, 1.54) is 12.8 Å². The van der Waals surface area contributed by atoms with Crippen LogP contribution in [0.25, 0.3) is 11.1 Å². The van der Waals surface area contributed by atoms with Gasteiger partial charge >= 0.3 is 0 Å². The average Bonchev–Trinajstić information content (AvgIpc) is 3.02. The number of ether oxygens (including phenoxy) is 1. The molecule has 1 N–H and O–H groups in total. The highest BCUT2D eigenvalue weighted by atomic mass is 16.5. The molecule has 0 spiro atoms. The Labute approximate surface area is 146 Å². The van der Waals surface area contributed by atoms with Crippen LogP contribution < -0.4 is 5.32 Å². The third-order valence-corrected chi connectivity index (χ3v) is 5.23. The number of oxazole rings is 1. The summed E-state index contributed by atoms with van der Waals surface area (Å²) in [5.41, 5.74) is 2.88. The highest BCUT2D eigenvalue weighted by Gasteiger charge is 2.32. The van der Waals surface area contributed by atoms with Crippen LogP contribution in [0.2, 0.25) is 0 Å². The van der Waals surface area contributed by atoms with Gasteiger partial charge in [-0.05, 0) is 31.4 Å². The molecule has 0 bridgehead atoms. The van der Waals surface area contributed by atoms with Gasteiger partial charge in [0.15, 0.2) is 11.5 Å². The van der Waals surface area contributed by atoms with Crippen molar-refractivity contribution in [2.24, 2.45) is 13.0 Å². The lowest BCUT2D eigenvalue weighted by Gasteiger charge is -2.19. The summed E-state index contributed by atoms with van der Waals surface area (Å²) >= 11 is 0. The summed E-state index contributed by atoms with van der Waals surface area (Å²) in [5.74, 6) is 2.85. The van der Waals surface area contributed by atoms with E-state index >= 15 is 0 Å². The van der Waals surface area contributed by atoms with Crippen LogP contribution in [0.5, 0.6) is 0 Å². The molecule has 3 aromatic rings. The van der Waals surface area contributed by atoms with Crippen LogP contribution >= 0.6 is 0 Å². The molecule has 5 rings (SSSR count). The van der Waals surface area contributed by atoms with E-state index in [1.54, 1.807) is 0 Å². The van der Waals surface area contributed by atoms with E-state index in [1.807, 2.05) is 30.1 Å². The Morgan fingerprint density at radius 3 is 3.00 bits per heavy atom. The minimum Gasteiger partial charge on any atom is -0.440 e. The first kappa shape index (κ1) is 15.0. The highest BCUT2D eigenvalue weighted by molar-refractivity contribution is 5.77. The summed E-state index contributed by atoms with van der Waals surface area (Å²) in [7, 11) is 2.02. The van der Waals surface area contributed by atoms with Crippen LogP contribution in [0.4, 0.5) is 5.69 Å². The number of fused-ring (bicyclic) bond motifs is 1. The predicted molar refractivity (Wildman–Crippen MR) is 94.5 cm³/mol. The molecule has 2 aliphatic rings. The minimum absolute atomic E-state index is 0.0583. The molecule has 0 radical (unpaired) electrons. The van der Waals surface area contributed by atoms with Gasteiger partial charge in [-0.25, -0.2) is 9.97 Å². The zero-order valence-electron chi connectivity index (χ0n) is 14.3. The van der Waals surface area contributed by atoms with E-state index in [0.29, 0.717) is 11.8 Å². The zero-order valence-corrected chi connectivity index (χ0v) is 14.3. The number of benzene rings is 1. The molecular weight excluding hydrogens is 316 g/mol. The van der Waals surface area contributed by atoms with Crippen molar-refractivity contribution < 1.29 is 9.15 Å². The van der Waals surface area contributed by atoms with Crippen LogP contribution in [0.1, 0.15) is 43.0 Å². The van der Waals surface area contributed by atoms with Crippen molar-refractivity contribution in [3.63, 3.8) is 0 Å². The summed E-state index contributed by atoms with van der Waals surface area (Å²) in [4.78, 5) is 9.04. The lowest BCUT2D eigenvalue weighted by molar-refractivity contribution is 0.0839. The molecule has 0 unspecified atom stereocenters. The largest absolute Gasteiger partial charge is 0.440 e. The molecule has 1 aliphatic heterocycles. The number of hydrogen-bond donors (Lipinski definition) is 1. The number of aryl methyl sites for hydroxylation is 1. The van der Waals surface area contributed by atoms with Crippen LogP contribution in [-0.4, -0.2) is 27.7 Å². The Kier molecular flexibility index (Phi) is 3.52. The van der Waals surface area contributed by atoms with E-state index in [0.717, 1.165) is 48.1 Å². The number of anilines is 1. The van der Waals surface area contributed by atoms with Gasteiger partial charge in [0.25, 0.3) is 0 Å². The quantitative estimate of drug-likeness (QED) is 0.769. The summed E-state index contributed by atoms with van der Waals surface area (Å²) in [6.45, 7) is 1.64. The first-order chi connectivity index (χ1) is 12.3. The predicted octanol–water partition coefficient (Wildman–Crippen LogP) is 3.63. The molecular formula is C19H22N4O2. The molecule has 1 saturated heterocycles. The topological polar surface area (TPSA) is 65.1 Å². The average molecular weight is 338 g/mol. The smallest absolute Gasteiger partial charge is 0.198 e. The Morgan fingerprint density at radius 1 is 1.28 bits per heavy atom. The van der Waals surface area contributed by atoms with Gasteiger partial charge in [0.2, 0.25) is 0 Å². The Balaban J connectivity index is 1.30. The van der Waals surface area contributed by atoms with Crippen LogP contribution in [0.3, 0.4) is 0 Å². The van der Waals surface area contributed by atoms with Crippen molar-refractivity contribution in [3.05, 3.63) is 42.3 Å². The van der Waals surface area contributed by atoms with E-state index in [2.05, 4.69) is 27.4 Å². The van der Waals surface area contributed by atoms with Gasteiger partial charge in [-0.2, -0.15) is 0 Å². The van der Waals surface area contributed by atoms with Gasteiger partial charge in [0.1, 0.15) is 17.4 Å². The number of rotatable bonds is 5. The SMILES string of the molecule is Cn1ccnc1[C@@H]1OCC[C@H]1CNc1ccc2nc(C3CC3)oc2c1. The van der Waals surface area contributed by atoms with Crippen LogP contribution in [0.15, 0.2) is 35.0 Å². The van der Waals surface area contributed by atoms with Gasteiger partial charge in [0.05, 0.1) is 0 Å². The van der Waals surface area contributed by atoms with E-state index in [4.69, 9.17) is 9.15 Å². The molecule has 1 saturated carbocycles. The summed E-state index contributed by atoms with van der Waals surface area (Å²) in [5, 5.41) is 3.54. The van der Waals surface area contributed by atoms with Crippen molar-refractivity contribution in [2.75, 3.05) is 18.5 Å². The molecule has 25 heavy (non-hydrogen) atoms. The molecule has 1 aliphatic carbocycles. The second-order valence-electron chi connectivity index (χ2n) is 7.13. The van der Waals surface area contributed by atoms with Crippen molar-refractivity contribution in [1.29, 1.82) is 0 Å². The lowest BCUT2D eigenvalue weighted by Crippen LogP contribution is -2.20. The van der Waals surface area contributed by atoms with Gasteiger partial charge < -0.3 is 19.0 Å². The number of hydrogen-bond acceptors (Lipinski definition) is 5. The Hall–Kier alpha value is -2.34. The fourth-order valence-electron chi connectivity index (χ4n) is 3.59. The molecule has 2 atom stereocenters. The van der Waals surface area contributed by atoms with Gasteiger partial charge in [0, 0.05) is 56.2 Å². The number of nitrogens with one attached hydrogen (secondary N) is 1. The molecule has 130 valence electrons. The summed E-state index contributed by atoms with van der Waals surface area (Å²) in [6, 6.07) is 6.17. The van der Waals surface area contributed by atoms with Crippen molar-refractivity contribution in [1.82, 2.24) is 14.5 Å². The van der Waals surface area contributed by atoms with Crippen molar-refractivity contribution >= 4 is 16.8 Å². The maximum absolute atomic E-state index is 5.93. The molecule has 2 fully saturated rings. The van der Waals surface area contributed by atoms with Gasteiger partial charge in [-0.1, -0.05) is 0 Å². The number of imidazole rings is 1. The fourth-order valence-corrected chi connectivity index (χ4v) is 3.59. The Morgan fingerprint density at radius 2 is 2.20 bits per heavy atom. The van der Waals surface area contributed by atoms with Crippen LogP contribution in [-0.2, 0) is 11.8 Å².